The molecule has 0 radical (unpaired) electrons. The summed E-state index contributed by atoms with van der Waals surface area (Å²) in [4.78, 5) is 25.3. The number of amides is 2. The van der Waals surface area contributed by atoms with Crippen LogP contribution in [0.5, 0.6) is 0 Å². The smallest absolute Gasteiger partial charge is 0.317 e. The van der Waals surface area contributed by atoms with Gasteiger partial charge in [0, 0.05) is 25.6 Å². The Balaban J connectivity index is 1.57. The quantitative estimate of drug-likeness (QED) is 0.877. The lowest BCUT2D eigenvalue weighted by Crippen LogP contribution is -2.42. The van der Waals surface area contributed by atoms with Gasteiger partial charge in [-0.1, -0.05) is 30.3 Å². The number of carboxylic acid groups (broad SMARTS) is 1. The van der Waals surface area contributed by atoms with Crippen LogP contribution < -0.4 is 5.32 Å². The monoisotopic (exact) mass is 316 g/mol. The van der Waals surface area contributed by atoms with Crippen LogP contribution in [-0.2, 0) is 4.79 Å². The molecule has 1 saturated heterocycles. The molecule has 5 heteroatoms. The maximum absolute atomic E-state index is 12.4. The first-order valence-electron chi connectivity index (χ1n) is 8.31. The first-order chi connectivity index (χ1) is 11.0. The SMILES string of the molecule is CC1(C(=O)O)CCN(C(=O)NCC(c2ccccc2)C2CC2)C1. The Labute approximate surface area is 136 Å². The van der Waals surface area contributed by atoms with Gasteiger partial charge in [0.05, 0.1) is 5.41 Å². The second kappa shape index (κ2) is 6.22. The number of hydrogen-bond donors (Lipinski definition) is 2. The average Bonchev–Trinajstić information content (AvgIpc) is 3.29. The van der Waals surface area contributed by atoms with Crippen LogP contribution >= 0.6 is 0 Å². The number of urea groups is 1. The summed E-state index contributed by atoms with van der Waals surface area (Å²) in [6, 6.07) is 10.2. The second-order valence-electron chi connectivity index (χ2n) is 7.08. The predicted molar refractivity (Wildman–Crippen MR) is 87.2 cm³/mol. The number of nitrogens with zero attached hydrogens (tertiary/aromatic N) is 1. The number of carbonyl (C=O) groups is 2. The average molecular weight is 316 g/mol. The molecule has 2 amide bonds. The molecule has 2 fully saturated rings. The van der Waals surface area contributed by atoms with Gasteiger partial charge in [-0.25, -0.2) is 4.79 Å². The summed E-state index contributed by atoms with van der Waals surface area (Å²) in [6.07, 6.45) is 2.95. The van der Waals surface area contributed by atoms with Gasteiger partial charge in [-0.05, 0) is 37.7 Å². The summed E-state index contributed by atoms with van der Waals surface area (Å²) in [6.45, 7) is 3.12. The Morgan fingerprint density at radius 3 is 2.61 bits per heavy atom. The van der Waals surface area contributed by atoms with Crippen LogP contribution in [-0.4, -0.2) is 41.6 Å². The Morgan fingerprint density at radius 1 is 1.35 bits per heavy atom. The van der Waals surface area contributed by atoms with Crippen molar-refractivity contribution in [2.45, 2.75) is 32.1 Å². The van der Waals surface area contributed by atoms with Crippen molar-refractivity contribution in [2.24, 2.45) is 11.3 Å². The number of nitrogens with one attached hydrogen (secondary N) is 1. The molecule has 1 aliphatic carbocycles. The third-order valence-corrected chi connectivity index (χ3v) is 5.17. The van der Waals surface area contributed by atoms with E-state index in [0.29, 0.717) is 31.3 Å². The third-order valence-electron chi connectivity index (χ3n) is 5.17. The van der Waals surface area contributed by atoms with E-state index in [-0.39, 0.29) is 12.6 Å². The fraction of sp³-hybridized carbons (Fsp3) is 0.556. The van der Waals surface area contributed by atoms with Crippen LogP contribution in [0.15, 0.2) is 30.3 Å². The summed E-state index contributed by atoms with van der Waals surface area (Å²) < 4.78 is 0. The Hall–Kier alpha value is -2.04. The summed E-state index contributed by atoms with van der Waals surface area (Å²) >= 11 is 0. The van der Waals surface area contributed by atoms with Crippen molar-refractivity contribution in [2.75, 3.05) is 19.6 Å². The minimum atomic E-state index is -0.826. The van der Waals surface area contributed by atoms with Gasteiger partial charge in [-0.2, -0.15) is 0 Å². The maximum atomic E-state index is 12.4. The van der Waals surface area contributed by atoms with E-state index in [1.165, 1.54) is 18.4 Å². The largest absolute Gasteiger partial charge is 0.481 e. The number of rotatable bonds is 5. The standard InChI is InChI=1S/C18H24N2O3/c1-18(16(21)22)9-10-20(12-18)17(23)19-11-15(14-7-8-14)13-5-3-2-4-6-13/h2-6,14-15H,7-12H2,1H3,(H,19,23)(H,21,22). The summed E-state index contributed by atoms with van der Waals surface area (Å²) in [5.74, 6) is 0.183. The zero-order valence-corrected chi connectivity index (χ0v) is 13.5. The molecule has 2 unspecified atom stereocenters. The van der Waals surface area contributed by atoms with Crippen molar-refractivity contribution in [3.05, 3.63) is 35.9 Å². The molecule has 0 bridgehead atoms. The number of benzene rings is 1. The molecule has 1 heterocycles. The van der Waals surface area contributed by atoms with Gasteiger partial charge >= 0.3 is 12.0 Å². The molecule has 0 spiro atoms. The molecule has 2 atom stereocenters. The summed E-state index contributed by atoms with van der Waals surface area (Å²) in [5, 5.41) is 12.3. The molecule has 5 nitrogen and oxygen atoms in total. The normalized spacial score (nSPS) is 25.2. The summed E-state index contributed by atoms with van der Waals surface area (Å²) in [5.41, 5.74) is 0.458. The highest BCUT2D eigenvalue weighted by Crippen LogP contribution is 2.42. The number of likely N-dealkylation sites (tertiary alicyclic amines) is 1. The molecule has 2 N–H and O–H groups in total. The van der Waals surface area contributed by atoms with Crippen LogP contribution in [0.2, 0.25) is 0 Å². The van der Waals surface area contributed by atoms with E-state index >= 15 is 0 Å². The first-order valence-corrected chi connectivity index (χ1v) is 8.31. The fourth-order valence-corrected chi connectivity index (χ4v) is 3.37. The van der Waals surface area contributed by atoms with E-state index in [1.807, 2.05) is 18.2 Å². The number of hydrogen-bond acceptors (Lipinski definition) is 2. The van der Waals surface area contributed by atoms with Gasteiger partial charge in [-0.15, -0.1) is 0 Å². The van der Waals surface area contributed by atoms with Crippen molar-refractivity contribution >= 4 is 12.0 Å². The zero-order chi connectivity index (χ0) is 16.4. The van der Waals surface area contributed by atoms with E-state index in [2.05, 4.69) is 17.4 Å². The molecule has 23 heavy (non-hydrogen) atoms. The molecule has 2 aliphatic rings. The van der Waals surface area contributed by atoms with E-state index in [1.54, 1.807) is 11.8 Å². The molecule has 124 valence electrons. The lowest BCUT2D eigenvalue weighted by Gasteiger charge is -2.23. The van der Waals surface area contributed by atoms with Crippen molar-refractivity contribution in [1.29, 1.82) is 0 Å². The molecule has 1 aromatic rings. The van der Waals surface area contributed by atoms with Crippen LogP contribution in [0, 0.1) is 11.3 Å². The Bertz CT molecular complexity index is 585. The van der Waals surface area contributed by atoms with Gasteiger partial charge in [0.2, 0.25) is 0 Å². The highest BCUT2D eigenvalue weighted by molar-refractivity contribution is 5.79. The highest BCUT2D eigenvalue weighted by Gasteiger charge is 2.42. The lowest BCUT2D eigenvalue weighted by molar-refractivity contribution is -0.146. The van der Waals surface area contributed by atoms with Crippen LogP contribution in [0.4, 0.5) is 4.79 Å². The third kappa shape index (κ3) is 3.49. The predicted octanol–water partition coefficient (Wildman–Crippen LogP) is 2.69. The lowest BCUT2D eigenvalue weighted by atomic mass is 9.90. The van der Waals surface area contributed by atoms with Gasteiger partial charge in [0.1, 0.15) is 0 Å². The van der Waals surface area contributed by atoms with Gasteiger partial charge in [0.25, 0.3) is 0 Å². The molecule has 1 aromatic carbocycles. The van der Waals surface area contributed by atoms with E-state index in [0.717, 1.165) is 0 Å². The molecule has 0 aromatic heterocycles. The molecule has 1 saturated carbocycles. The van der Waals surface area contributed by atoms with Gasteiger partial charge in [0.15, 0.2) is 0 Å². The highest BCUT2D eigenvalue weighted by atomic mass is 16.4. The van der Waals surface area contributed by atoms with Crippen molar-refractivity contribution in [3.63, 3.8) is 0 Å². The first kappa shape index (κ1) is 15.8. The van der Waals surface area contributed by atoms with E-state index < -0.39 is 11.4 Å². The number of aliphatic carboxylic acids is 1. The van der Waals surface area contributed by atoms with Gasteiger partial charge < -0.3 is 15.3 Å². The Morgan fingerprint density at radius 2 is 2.04 bits per heavy atom. The molecule has 3 rings (SSSR count). The zero-order valence-electron chi connectivity index (χ0n) is 13.5. The van der Waals surface area contributed by atoms with Crippen LogP contribution in [0.1, 0.15) is 37.7 Å². The van der Waals surface area contributed by atoms with E-state index in [4.69, 9.17) is 0 Å². The minimum Gasteiger partial charge on any atom is -0.481 e. The maximum Gasteiger partial charge on any atom is 0.317 e. The second-order valence-corrected chi connectivity index (χ2v) is 7.08. The Kier molecular flexibility index (Phi) is 4.28. The summed E-state index contributed by atoms with van der Waals surface area (Å²) in [7, 11) is 0. The van der Waals surface area contributed by atoms with Crippen molar-refractivity contribution in [1.82, 2.24) is 10.2 Å². The van der Waals surface area contributed by atoms with Crippen LogP contribution in [0.3, 0.4) is 0 Å². The van der Waals surface area contributed by atoms with Crippen molar-refractivity contribution < 1.29 is 14.7 Å². The number of carboxylic acids is 1. The van der Waals surface area contributed by atoms with E-state index in [9.17, 15) is 14.7 Å². The fourth-order valence-electron chi connectivity index (χ4n) is 3.37. The number of carbonyl (C=O) groups excluding carboxylic acids is 1. The molecular formula is C18H24N2O3. The van der Waals surface area contributed by atoms with Crippen molar-refractivity contribution in [3.8, 4) is 0 Å². The molecular weight excluding hydrogens is 292 g/mol. The van der Waals surface area contributed by atoms with Gasteiger partial charge in [-0.3, -0.25) is 4.79 Å². The van der Waals surface area contributed by atoms with Crippen LogP contribution in [0.25, 0.3) is 0 Å². The topological polar surface area (TPSA) is 69.6 Å². The molecule has 1 aliphatic heterocycles. The minimum absolute atomic E-state index is 0.142.